The number of rotatable bonds is 5. The molecule has 2 rings (SSSR count). The standard InChI is InChI=1S/C13H18N2O3/c1-9-5-10(9)7-14(2)12-3-4-13(15(17)18)11(6-12)8-16/h3-4,6,9-10,16H,5,7-8H2,1-2H3. The van der Waals surface area contributed by atoms with Crippen LogP contribution in [0.4, 0.5) is 11.4 Å². The Morgan fingerprint density at radius 2 is 2.22 bits per heavy atom. The highest BCUT2D eigenvalue weighted by Gasteiger charge is 2.33. The van der Waals surface area contributed by atoms with Gasteiger partial charge in [-0.2, -0.15) is 0 Å². The van der Waals surface area contributed by atoms with Crippen LogP contribution in [0.5, 0.6) is 0 Å². The van der Waals surface area contributed by atoms with Crippen molar-refractivity contribution in [3.8, 4) is 0 Å². The van der Waals surface area contributed by atoms with E-state index in [1.165, 1.54) is 12.5 Å². The number of hydrogen-bond acceptors (Lipinski definition) is 4. The first-order valence-corrected chi connectivity index (χ1v) is 6.12. The highest BCUT2D eigenvalue weighted by molar-refractivity contribution is 5.55. The van der Waals surface area contributed by atoms with Crippen LogP contribution in [-0.2, 0) is 6.61 Å². The molecule has 5 heteroatoms. The fourth-order valence-corrected chi connectivity index (χ4v) is 2.22. The number of nitro benzene ring substituents is 1. The van der Waals surface area contributed by atoms with E-state index in [0.29, 0.717) is 5.56 Å². The summed E-state index contributed by atoms with van der Waals surface area (Å²) in [6.07, 6.45) is 1.25. The maximum Gasteiger partial charge on any atom is 0.275 e. The summed E-state index contributed by atoms with van der Waals surface area (Å²) < 4.78 is 0. The number of anilines is 1. The molecule has 0 bridgehead atoms. The normalized spacial score (nSPS) is 21.7. The molecular formula is C13H18N2O3. The van der Waals surface area contributed by atoms with Crippen molar-refractivity contribution >= 4 is 11.4 Å². The van der Waals surface area contributed by atoms with Gasteiger partial charge in [-0.25, -0.2) is 0 Å². The molecule has 0 aromatic heterocycles. The molecule has 0 heterocycles. The predicted molar refractivity (Wildman–Crippen MR) is 69.6 cm³/mol. The van der Waals surface area contributed by atoms with Crippen LogP contribution in [0.1, 0.15) is 18.9 Å². The van der Waals surface area contributed by atoms with Crippen LogP contribution in [0, 0.1) is 22.0 Å². The van der Waals surface area contributed by atoms with Gasteiger partial charge in [0.1, 0.15) is 0 Å². The van der Waals surface area contributed by atoms with E-state index in [4.69, 9.17) is 0 Å². The molecular weight excluding hydrogens is 232 g/mol. The summed E-state index contributed by atoms with van der Waals surface area (Å²) >= 11 is 0. The lowest BCUT2D eigenvalue weighted by Gasteiger charge is -2.19. The van der Waals surface area contributed by atoms with Crippen LogP contribution in [-0.4, -0.2) is 23.6 Å². The van der Waals surface area contributed by atoms with Crippen molar-refractivity contribution in [3.05, 3.63) is 33.9 Å². The van der Waals surface area contributed by atoms with Gasteiger partial charge in [0.15, 0.2) is 0 Å². The molecule has 98 valence electrons. The van der Waals surface area contributed by atoms with E-state index in [0.717, 1.165) is 24.1 Å². The zero-order valence-electron chi connectivity index (χ0n) is 10.7. The third-order valence-electron chi connectivity index (χ3n) is 3.66. The van der Waals surface area contributed by atoms with E-state index in [2.05, 4.69) is 11.8 Å². The van der Waals surface area contributed by atoms with Crippen molar-refractivity contribution in [2.45, 2.75) is 20.0 Å². The first-order chi connectivity index (χ1) is 8.52. The molecule has 0 radical (unpaired) electrons. The minimum Gasteiger partial charge on any atom is -0.391 e. The topological polar surface area (TPSA) is 66.6 Å². The molecule has 5 nitrogen and oxygen atoms in total. The van der Waals surface area contributed by atoms with E-state index in [1.54, 1.807) is 12.1 Å². The molecule has 0 aliphatic heterocycles. The van der Waals surface area contributed by atoms with Crippen molar-refractivity contribution in [1.82, 2.24) is 0 Å². The van der Waals surface area contributed by atoms with Gasteiger partial charge in [0.05, 0.1) is 17.1 Å². The predicted octanol–water partition coefficient (Wildman–Crippen LogP) is 2.18. The number of benzene rings is 1. The molecule has 1 aromatic rings. The van der Waals surface area contributed by atoms with Gasteiger partial charge in [0.25, 0.3) is 5.69 Å². The van der Waals surface area contributed by atoms with E-state index < -0.39 is 4.92 Å². The Labute approximate surface area is 106 Å². The molecule has 1 aliphatic rings. The number of nitro groups is 1. The van der Waals surface area contributed by atoms with E-state index in [-0.39, 0.29) is 12.3 Å². The Bertz CT molecular complexity index is 462. The van der Waals surface area contributed by atoms with Gasteiger partial charge < -0.3 is 10.0 Å². The molecule has 1 saturated carbocycles. The zero-order chi connectivity index (χ0) is 13.3. The monoisotopic (exact) mass is 250 g/mol. The number of aliphatic hydroxyl groups is 1. The van der Waals surface area contributed by atoms with Crippen molar-refractivity contribution < 1.29 is 10.0 Å². The summed E-state index contributed by atoms with van der Waals surface area (Å²) in [6.45, 7) is 2.88. The van der Waals surface area contributed by atoms with Gasteiger partial charge in [0.2, 0.25) is 0 Å². The largest absolute Gasteiger partial charge is 0.391 e. The van der Waals surface area contributed by atoms with Crippen LogP contribution in [0.25, 0.3) is 0 Å². The van der Waals surface area contributed by atoms with Crippen molar-refractivity contribution in [2.24, 2.45) is 11.8 Å². The Morgan fingerprint density at radius 3 is 2.72 bits per heavy atom. The van der Waals surface area contributed by atoms with E-state index in [9.17, 15) is 15.2 Å². The summed E-state index contributed by atoms with van der Waals surface area (Å²) in [5.41, 5.74) is 1.27. The second-order valence-corrected chi connectivity index (χ2v) is 5.08. The zero-order valence-corrected chi connectivity index (χ0v) is 10.7. The van der Waals surface area contributed by atoms with Gasteiger partial charge >= 0.3 is 0 Å². The third kappa shape index (κ3) is 2.61. The number of aliphatic hydroxyl groups excluding tert-OH is 1. The number of hydrogen-bond donors (Lipinski definition) is 1. The van der Waals surface area contributed by atoms with Gasteiger partial charge in [-0.1, -0.05) is 6.92 Å². The van der Waals surface area contributed by atoms with Crippen LogP contribution < -0.4 is 4.90 Å². The van der Waals surface area contributed by atoms with E-state index >= 15 is 0 Å². The Balaban J connectivity index is 2.15. The average molecular weight is 250 g/mol. The molecule has 1 N–H and O–H groups in total. The minimum atomic E-state index is -0.460. The smallest absolute Gasteiger partial charge is 0.275 e. The highest BCUT2D eigenvalue weighted by Crippen LogP contribution is 2.39. The minimum absolute atomic E-state index is 0.0190. The second kappa shape index (κ2) is 4.94. The lowest BCUT2D eigenvalue weighted by atomic mass is 10.1. The van der Waals surface area contributed by atoms with Crippen molar-refractivity contribution in [3.63, 3.8) is 0 Å². The molecule has 1 aliphatic carbocycles. The fourth-order valence-electron chi connectivity index (χ4n) is 2.22. The first kappa shape index (κ1) is 12.8. The fraction of sp³-hybridized carbons (Fsp3) is 0.538. The summed E-state index contributed by atoms with van der Waals surface area (Å²) in [4.78, 5) is 12.4. The quantitative estimate of drug-likeness (QED) is 0.642. The van der Waals surface area contributed by atoms with Gasteiger partial charge in [-0.15, -0.1) is 0 Å². The lowest BCUT2D eigenvalue weighted by molar-refractivity contribution is -0.385. The van der Waals surface area contributed by atoms with Gasteiger partial charge in [-0.05, 0) is 30.4 Å². The van der Waals surface area contributed by atoms with Crippen molar-refractivity contribution in [1.29, 1.82) is 0 Å². The maximum atomic E-state index is 10.8. The van der Waals surface area contributed by atoms with Gasteiger partial charge in [0, 0.05) is 25.3 Å². The molecule has 18 heavy (non-hydrogen) atoms. The average Bonchev–Trinajstić information content (AvgIpc) is 3.03. The van der Waals surface area contributed by atoms with Crippen LogP contribution in [0.3, 0.4) is 0 Å². The molecule has 2 unspecified atom stereocenters. The Hall–Kier alpha value is -1.62. The molecule has 0 amide bonds. The summed E-state index contributed by atoms with van der Waals surface area (Å²) in [6, 6.07) is 4.91. The highest BCUT2D eigenvalue weighted by atomic mass is 16.6. The van der Waals surface area contributed by atoms with Crippen LogP contribution in [0.15, 0.2) is 18.2 Å². The number of nitrogens with zero attached hydrogens (tertiary/aromatic N) is 2. The van der Waals surface area contributed by atoms with Crippen LogP contribution >= 0.6 is 0 Å². The lowest BCUT2D eigenvalue weighted by Crippen LogP contribution is -2.20. The maximum absolute atomic E-state index is 10.8. The molecule has 1 aromatic carbocycles. The van der Waals surface area contributed by atoms with Crippen LogP contribution in [0.2, 0.25) is 0 Å². The van der Waals surface area contributed by atoms with Crippen molar-refractivity contribution in [2.75, 3.05) is 18.5 Å². The van der Waals surface area contributed by atoms with Gasteiger partial charge in [-0.3, -0.25) is 10.1 Å². The summed E-state index contributed by atoms with van der Waals surface area (Å²) in [7, 11) is 1.98. The molecule has 2 atom stereocenters. The summed E-state index contributed by atoms with van der Waals surface area (Å²) in [5, 5.41) is 20.0. The first-order valence-electron chi connectivity index (χ1n) is 6.12. The molecule has 0 spiro atoms. The summed E-state index contributed by atoms with van der Waals surface area (Å²) in [5.74, 6) is 1.51. The molecule has 1 fully saturated rings. The SMILES string of the molecule is CC1CC1CN(C)c1ccc([N+](=O)[O-])c(CO)c1. The van der Waals surface area contributed by atoms with E-state index in [1.807, 2.05) is 7.05 Å². The third-order valence-corrected chi connectivity index (χ3v) is 3.66. The Kier molecular flexibility index (Phi) is 3.52. The molecule has 0 saturated heterocycles. The Morgan fingerprint density at radius 1 is 1.56 bits per heavy atom. The second-order valence-electron chi connectivity index (χ2n) is 5.08.